The molecule has 2 aliphatic heterocycles. The number of aryl methyl sites for hydroxylation is 2. The number of carbonyl (C=O) groups is 2. The predicted octanol–water partition coefficient (Wildman–Crippen LogP) is 4.86. The van der Waals surface area contributed by atoms with Gasteiger partial charge in [0.1, 0.15) is 11.4 Å². The molecule has 2 aromatic carbocycles. The van der Waals surface area contributed by atoms with Gasteiger partial charge in [-0.15, -0.1) is 0 Å². The number of carbonyl (C=O) groups excluding carboxylic acids is 2. The van der Waals surface area contributed by atoms with Crippen LogP contribution in [0.15, 0.2) is 48.2 Å². The quantitative estimate of drug-likeness (QED) is 0.651. The van der Waals surface area contributed by atoms with Crippen molar-refractivity contribution < 1.29 is 14.3 Å². The van der Waals surface area contributed by atoms with Crippen molar-refractivity contribution in [3.8, 4) is 5.75 Å². The highest BCUT2D eigenvalue weighted by Crippen LogP contribution is 2.37. The first-order chi connectivity index (χ1) is 14.9. The number of amides is 2. The van der Waals surface area contributed by atoms with E-state index in [0.29, 0.717) is 17.0 Å². The Morgan fingerprint density at radius 1 is 0.871 bits per heavy atom. The normalized spacial score (nSPS) is 17.2. The summed E-state index contributed by atoms with van der Waals surface area (Å²) in [5.74, 6) is 0.228. The maximum Gasteiger partial charge on any atom is 0.282 e. The van der Waals surface area contributed by atoms with Gasteiger partial charge in [-0.2, -0.15) is 0 Å². The van der Waals surface area contributed by atoms with Crippen LogP contribution in [0.25, 0.3) is 5.57 Å². The standard InChI is InChI=1S/C26H30N2O3/c1-17(2)31-21-11-9-20(10-12-21)28-25(29)23(22-13-8-18(3)16-19(22)4)24(26(28)30)27-14-6-5-7-15-27/h8-13,16-17H,5-7,14-15H2,1-4H3. The molecule has 5 heteroatoms. The number of anilines is 1. The van der Waals surface area contributed by atoms with Crippen molar-refractivity contribution in [3.63, 3.8) is 0 Å². The van der Waals surface area contributed by atoms with Crippen molar-refractivity contribution in [2.75, 3.05) is 18.0 Å². The van der Waals surface area contributed by atoms with Crippen LogP contribution in [0.4, 0.5) is 5.69 Å². The fourth-order valence-electron chi connectivity index (χ4n) is 4.45. The smallest absolute Gasteiger partial charge is 0.282 e. The fourth-order valence-corrected chi connectivity index (χ4v) is 4.45. The molecule has 162 valence electrons. The molecule has 0 aromatic heterocycles. The van der Waals surface area contributed by atoms with E-state index in [0.717, 1.165) is 54.8 Å². The second-order valence-corrected chi connectivity index (χ2v) is 8.70. The van der Waals surface area contributed by atoms with Crippen LogP contribution in [0.2, 0.25) is 0 Å². The zero-order chi connectivity index (χ0) is 22.1. The predicted molar refractivity (Wildman–Crippen MR) is 123 cm³/mol. The van der Waals surface area contributed by atoms with Crippen molar-refractivity contribution in [2.45, 2.75) is 53.1 Å². The molecule has 1 saturated heterocycles. The van der Waals surface area contributed by atoms with Gasteiger partial charge in [-0.1, -0.05) is 23.8 Å². The van der Waals surface area contributed by atoms with E-state index in [-0.39, 0.29) is 17.9 Å². The summed E-state index contributed by atoms with van der Waals surface area (Å²) in [6.45, 7) is 9.57. The van der Waals surface area contributed by atoms with Crippen LogP contribution in [0, 0.1) is 13.8 Å². The molecule has 31 heavy (non-hydrogen) atoms. The molecule has 0 spiro atoms. The number of imide groups is 1. The van der Waals surface area contributed by atoms with E-state index in [2.05, 4.69) is 11.0 Å². The van der Waals surface area contributed by atoms with Crippen LogP contribution in [-0.4, -0.2) is 35.9 Å². The molecule has 0 saturated carbocycles. The largest absolute Gasteiger partial charge is 0.491 e. The zero-order valence-corrected chi connectivity index (χ0v) is 18.8. The van der Waals surface area contributed by atoms with Gasteiger partial charge >= 0.3 is 0 Å². The summed E-state index contributed by atoms with van der Waals surface area (Å²) >= 11 is 0. The first-order valence-electron chi connectivity index (χ1n) is 11.1. The molecule has 0 atom stereocenters. The lowest BCUT2D eigenvalue weighted by molar-refractivity contribution is -0.120. The average molecular weight is 419 g/mol. The van der Waals surface area contributed by atoms with Gasteiger partial charge in [-0.25, -0.2) is 4.90 Å². The number of piperidine rings is 1. The topological polar surface area (TPSA) is 49.9 Å². The Balaban J connectivity index is 1.77. The maximum absolute atomic E-state index is 13.7. The number of hydrogen-bond acceptors (Lipinski definition) is 4. The number of rotatable bonds is 5. The molecule has 1 fully saturated rings. The van der Waals surface area contributed by atoms with Crippen molar-refractivity contribution in [2.24, 2.45) is 0 Å². The third-order valence-corrected chi connectivity index (χ3v) is 5.85. The van der Waals surface area contributed by atoms with Crippen LogP contribution >= 0.6 is 0 Å². The van der Waals surface area contributed by atoms with Crippen LogP contribution in [0.3, 0.4) is 0 Å². The summed E-state index contributed by atoms with van der Waals surface area (Å²) in [6, 6.07) is 13.2. The minimum Gasteiger partial charge on any atom is -0.491 e. The van der Waals surface area contributed by atoms with Gasteiger partial charge < -0.3 is 9.64 Å². The molecule has 5 nitrogen and oxygen atoms in total. The summed E-state index contributed by atoms with van der Waals surface area (Å²) < 4.78 is 5.71. The average Bonchev–Trinajstić information content (AvgIpc) is 2.99. The van der Waals surface area contributed by atoms with Gasteiger partial charge in [-0.3, -0.25) is 9.59 Å². The van der Waals surface area contributed by atoms with Crippen molar-refractivity contribution in [1.29, 1.82) is 0 Å². The highest BCUT2D eigenvalue weighted by molar-refractivity contribution is 6.45. The lowest BCUT2D eigenvalue weighted by Gasteiger charge is -2.29. The monoisotopic (exact) mass is 418 g/mol. The van der Waals surface area contributed by atoms with E-state index in [9.17, 15) is 9.59 Å². The Labute approximate surface area is 184 Å². The van der Waals surface area contributed by atoms with E-state index < -0.39 is 0 Å². The summed E-state index contributed by atoms with van der Waals surface area (Å²) in [5.41, 5.74) is 4.61. The van der Waals surface area contributed by atoms with E-state index in [4.69, 9.17) is 4.74 Å². The third-order valence-electron chi connectivity index (χ3n) is 5.85. The number of ether oxygens (including phenoxy) is 1. The van der Waals surface area contributed by atoms with Gasteiger partial charge in [0.25, 0.3) is 11.8 Å². The van der Waals surface area contributed by atoms with Gasteiger partial charge in [0.2, 0.25) is 0 Å². The van der Waals surface area contributed by atoms with E-state index >= 15 is 0 Å². The number of nitrogens with zero attached hydrogens (tertiary/aromatic N) is 2. The molecular formula is C26H30N2O3. The second kappa shape index (κ2) is 8.58. The minimum atomic E-state index is -0.255. The molecule has 0 bridgehead atoms. The molecule has 4 rings (SSSR count). The molecule has 2 aromatic rings. The summed E-state index contributed by atoms with van der Waals surface area (Å²) in [5, 5.41) is 0. The number of benzene rings is 2. The SMILES string of the molecule is Cc1ccc(C2=C(N3CCCCC3)C(=O)N(c3ccc(OC(C)C)cc3)C2=O)c(C)c1. The van der Waals surface area contributed by atoms with E-state index in [1.807, 2.05) is 52.0 Å². The molecule has 0 N–H and O–H groups in total. The lowest BCUT2D eigenvalue weighted by Crippen LogP contribution is -2.37. The van der Waals surface area contributed by atoms with Gasteiger partial charge in [0.15, 0.2) is 0 Å². The third kappa shape index (κ3) is 4.09. The zero-order valence-electron chi connectivity index (χ0n) is 18.8. The second-order valence-electron chi connectivity index (χ2n) is 8.70. The maximum atomic E-state index is 13.7. The van der Waals surface area contributed by atoms with Crippen molar-refractivity contribution >= 4 is 23.1 Å². The van der Waals surface area contributed by atoms with Gasteiger partial charge in [-0.05, 0) is 82.3 Å². The molecule has 2 heterocycles. The molecule has 2 aliphatic rings. The minimum absolute atomic E-state index is 0.0596. The molecular weight excluding hydrogens is 388 g/mol. The Hall–Kier alpha value is -3.08. The fraction of sp³-hybridized carbons (Fsp3) is 0.385. The lowest BCUT2D eigenvalue weighted by atomic mass is 9.97. The molecule has 0 unspecified atom stereocenters. The highest BCUT2D eigenvalue weighted by atomic mass is 16.5. The molecule has 2 amide bonds. The van der Waals surface area contributed by atoms with Crippen LogP contribution in [0.1, 0.15) is 49.8 Å². The van der Waals surface area contributed by atoms with Crippen molar-refractivity contribution in [1.82, 2.24) is 4.90 Å². The summed E-state index contributed by atoms with van der Waals surface area (Å²) in [6.07, 6.45) is 3.29. The highest BCUT2D eigenvalue weighted by Gasteiger charge is 2.43. The Kier molecular flexibility index (Phi) is 5.86. The Bertz CT molecular complexity index is 1030. The number of likely N-dealkylation sites (tertiary alicyclic amines) is 1. The first kappa shape index (κ1) is 21.2. The number of hydrogen-bond donors (Lipinski definition) is 0. The van der Waals surface area contributed by atoms with Crippen LogP contribution < -0.4 is 9.64 Å². The van der Waals surface area contributed by atoms with Gasteiger partial charge in [0, 0.05) is 13.1 Å². The Morgan fingerprint density at radius 2 is 1.55 bits per heavy atom. The van der Waals surface area contributed by atoms with E-state index in [1.165, 1.54) is 4.90 Å². The molecule has 0 radical (unpaired) electrons. The van der Waals surface area contributed by atoms with Crippen LogP contribution in [0.5, 0.6) is 5.75 Å². The molecule has 0 aliphatic carbocycles. The van der Waals surface area contributed by atoms with E-state index in [1.54, 1.807) is 12.1 Å². The van der Waals surface area contributed by atoms with Gasteiger partial charge in [0.05, 0.1) is 17.4 Å². The summed E-state index contributed by atoms with van der Waals surface area (Å²) in [7, 11) is 0. The van der Waals surface area contributed by atoms with Crippen molar-refractivity contribution in [3.05, 3.63) is 64.9 Å². The summed E-state index contributed by atoms with van der Waals surface area (Å²) in [4.78, 5) is 30.7. The van der Waals surface area contributed by atoms with Crippen LogP contribution in [-0.2, 0) is 9.59 Å². The first-order valence-corrected chi connectivity index (χ1v) is 11.1. The Morgan fingerprint density at radius 3 is 2.16 bits per heavy atom.